The second-order valence-electron chi connectivity index (χ2n) is 6.98. The van der Waals surface area contributed by atoms with Crippen LogP contribution in [0.1, 0.15) is 37.3 Å². The zero-order valence-corrected chi connectivity index (χ0v) is 15.9. The van der Waals surface area contributed by atoms with E-state index in [2.05, 4.69) is 44.2 Å². The lowest BCUT2D eigenvalue weighted by atomic mass is 10.0. The monoisotopic (exact) mass is 351 g/mol. The summed E-state index contributed by atoms with van der Waals surface area (Å²) >= 11 is 0. The number of likely N-dealkylation sites (tertiary alicyclic amines) is 1. The number of carbonyl (C=O) groups excluding carboxylic acids is 1. The number of hydrogen-bond acceptors (Lipinski definition) is 2. The minimum atomic E-state index is -0.0866. The van der Waals surface area contributed by atoms with Gasteiger partial charge >= 0.3 is 5.97 Å². The third-order valence-corrected chi connectivity index (χ3v) is 4.89. The van der Waals surface area contributed by atoms with Crippen molar-refractivity contribution in [1.29, 1.82) is 0 Å². The number of halogens is 1. The van der Waals surface area contributed by atoms with E-state index in [9.17, 15) is 4.79 Å². The van der Waals surface area contributed by atoms with Gasteiger partial charge in [0.25, 0.3) is 0 Å². The second-order valence-corrected chi connectivity index (χ2v) is 6.98. The van der Waals surface area contributed by atoms with Gasteiger partial charge in [0.2, 0.25) is 0 Å². The molecule has 0 aromatic heterocycles. The fraction of sp³-hybridized carbons (Fsp3) is 0.550. The first kappa shape index (κ1) is 20.7. The van der Waals surface area contributed by atoms with Crippen LogP contribution >= 0.6 is 0 Å². The Labute approximate surface area is 152 Å². The molecular formula is C20H30ClNO2. The molecule has 0 radical (unpaired) electrons. The highest BCUT2D eigenvalue weighted by atomic mass is 35.5. The summed E-state index contributed by atoms with van der Waals surface area (Å²) in [6, 6.07) is 8.73. The molecule has 1 aromatic rings. The average molecular weight is 352 g/mol. The van der Waals surface area contributed by atoms with Crippen LogP contribution in [0.4, 0.5) is 0 Å². The van der Waals surface area contributed by atoms with Crippen molar-refractivity contribution in [2.75, 3.05) is 33.3 Å². The van der Waals surface area contributed by atoms with E-state index >= 15 is 0 Å². The maximum absolute atomic E-state index is 11.8. The van der Waals surface area contributed by atoms with Gasteiger partial charge < -0.3 is 21.6 Å². The van der Waals surface area contributed by atoms with E-state index < -0.39 is 0 Å². The topological polar surface area (TPSA) is 26.3 Å². The van der Waals surface area contributed by atoms with Crippen molar-refractivity contribution < 1.29 is 26.4 Å². The lowest BCUT2D eigenvalue weighted by Crippen LogP contribution is -3.00. The number of benzene rings is 1. The fourth-order valence-electron chi connectivity index (χ4n) is 3.38. The molecule has 1 saturated heterocycles. The van der Waals surface area contributed by atoms with Crippen LogP contribution < -0.4 is 12.4 Å². The molecule has 24 heavy (non-hydrogen) atoms. The number of aryl methyl sites for hydroxylation is 1. The Morgan fingerprint density at radius 2 is 1.79 bits per heavy atom. The number of carbonyl (C=O) groups is 1. The van der Waals surface area contributed by atoms with Crippen LogP contribution in [0.2, 0.25) is 0 Å². The van der Waals surface area contributed by atoms with E-state index in [1.165, 1.54) is 43.1 Å². The van der Waals surface area contributed by atoms with E-state index in [1.807, 2.05) is 0 Å². The number of piperidine rings is 1. The molecule has 1 aliphatic rings. The van der Waals surface area contributed by atoms with Gasteiger partial charge in [-0.05, 0) is 51.2 Å². The molecule has 1 aromatic carbocycles. The number of quaternary nitrogens is 1. The molecule has 0 saturated carbocycles. The summed E-state index contributed by atoms with van der Waals surface area (Å²) in [4.78, 5) is 11.8. The molecular weight excluding hydrogens is 322 g/mol. The van der Waals surface area contributed by atoms with Crippen molar-refractivity contribution in [3.63, 3.8) is 0 Å². The highest BCUT2D eigenvalue weighted by Gasteiger charge is 2.31. The molecule has 3 nitrogen and oxygen atoms in total. The summed E-state index contributed by atoms with van der Waals surface area (Å²) in [5, 5.41) is 0. The normalized spacial score (nSPS) is 17.0. The molecule has 4 heteroatoms. The minimum absolute atomic E-state index is 0. The first-order chi connectivity index (χ1) is 11.0. The Balaban J connectivity index is 0.00000288. The predicted molar refractivity (Wildman–Crippen MR) is 94.2 cm³/mol. The third kappa shape index (κ3) is 6.29. The molecule has 0 spiro atoms. The maximum Gasteiger partial charge on any atom is 0.361 e. The number of hydrogen-bond donors (Lipinski definition) is 0. The lowest BCUT2D eigenvalue weighted by Gasteiger charge is -2.40. The number of nitrogens with zero attached hydrogens (tertiary/aromatic N) is 1. The van der Waals surface area contributed by atoms with Crippen LogP contribution in [0, 0.1) is 6.92 Å². The molecule has 0 N–H and O–H groups in total. The lowest BCUT2D eigenvalue weighted by molar-refractivity contribution is -0.920. The summed E-state index contributed by atoms with van der Waals surface area (Å²) in [6.07, 6.45) is 7.02. The van der Waals surface area contributed by atoms with Crippen molar-refractivity contribution in [2.45, 2.75) is 39.5 Å². The van der Waals surface area contributed by atoms with Crippen molar-refractivity contribution in [2.24, 2.45) is 0 Å². The van der Waals surface area contributed by atoms with Crippen molar-refractivity contribution >= 4 is 5.97 Å². The van der Waals surface area contributed by atoms with Crippen LogP contribution in [0.5, 0.6) is 0 Å². The van der Waals surface area contributed by atoms with E-state index in [0.29, 0.717) is 6.54 Å². The smallest absolute Gasteiger partial charge is 0.361 e. The third-order valence-electron chi connectivity index (χ3n) is 4.89. The fourth-order valence-corrected chi connectivity index (χ4v) is 3.38. The average Bonchev–Trinajstić information content (AvgIpc) is 2.56. The molecule has 1 fully saturated rings. The maximum atomic E-state index is 11.8. The predicted octanol–water partition coefficient (Wildman–Crippen LogP) is 0.662. The van der Waals surface area contributed by atoms with Gasteiger partial charge in [-0.2, -0.15) is 0 Å². The Bertz CT molecular complexity index is 545. The molecule has 0 atom stereocenters. The summed E-state index contributed by atoms with van der Waals surface area (Å²) in [5.74, 6) is -0.0866. The molecule has 1 heterocycles. The molecule has 0 unspecified atom stereocenters. The van der Waals surface area contributed by atoms with E-state index in [4.69, 9.17) is 4.74 Å². The van der Waals surface area contributed by atoms with Crippen molar-refractivity contribution in [3.05, 3.63) is 47.0 Å². The zero-order chi connectivity index (χ0) is 16.7. The summed E-state index contributed by atoms with van der Waals surface area (Å²) < 4.78 is 5.78. The van der Waals surface area contributed by atoms with Gasteiger partial charge in [0.05, 0.1) is 26.7 Å². The van der Waals surface area contributed by atoms with Gasteiger partial charge in [-0.15, -0.1) is 0 Å². The highest BCUT2D eigenvalue weighted by molar-refractivity contribution is 5.70. The van der Waals surface area contributed by atoms with Crippen LogP contribution in [0.25, 0.3) is 0 Å². The number of rotatable bonds is 6. The van der Waals surface area contributed by atoms with E-state index in [1.54, 1.807) is 0 Å². The minimum Gasteiger partial charge on any atom is -1.00 e. The van der Waals surface area contributed by atoms with Crippen LogP contribution in [-0.4, -0.2) is 43.7 Å². The Morgan fingerprint density at radius 1 is 1.17 bits per heavy atom. The van der Waals surface area contributed by atoms with E-state index in [0.717, 1.165) is 30.5 Å². The van der Waals surface area contributed by atoms with Crippen molar-refractivity contribution in [1.82, 2.24) is 0 Å². The van der Waals surface area contributed by atoms with Crippen LogP contribution in [0.3, 0.4) is 0 Å². The molecule has 134 valence electrons. The molecule has 0 amide bonds. The number of ether oxygens (including phenoxy) is 1. The van der Waals surface area contributed by atoms with Gasteiger partial charge in [-0.25, -0.2) is 4.79 Å². The summed E-state index contributed by atoms with van der Waals surface area (Å²) in [6.45, 7) is 7.92. The molecule has 0 bridgehead atoms. The summed E-state index contributed by atoms with van der Waals surface area (Å²) in [7, 11) is 1.49. The first-order valence-corrected chi connectivity index (χ1v) is 8.66. The number of methoxy groups -OCH3 is 1. The van der Waals surface area contributed by atoms with Gasteiger partial charge in [0, 0.05) is 0 Å². The standard InChI is InChI=1S/C20H30NO2.ClH/c1-17-7-9-19(10-8-17)15-18(2)11-14-21(16-20(22)23-3)12-5-4-6-13-21;/h7-11H,4-6,12-16H2,1-3H3;1H/q+1;/p-1/b18-11-;. The van der Waals surface area contributed by atoms with E-state index in [-0.39, 0.29) is 18.4 Å². The molecule has 1 aliphatic heterocycles. The highest BCUT2D eigenvalue weighted by Crippen LogP contribution is 2.20. The SMILES string of the molecule is COC(=O)C[N+]1(C/C=C(/C)Cc2ccc(C)cc2)CCCCC1.[Cl-]. The van der Waals surface area contributed by atoms with Gasteiger partial charge in [-0.3, -0.25) is 0 Å². The first-order valence-electron chi connectivity index (χ1n) is 8.66. The van der Waals surface area contributed by atoms with Crippen LogP contribution in [-0.2, 0) is 16.0 Å². The van der Waals surface area contributed by atoms with Gasteiger partial charge in [0.1, 0.15) is 0 Å². The van der Waals surface area contributed by atoms with Crippen molar-refractivity contribution in [3.8, 4) is 0 Å². The van der Waals surface area contributed by atoms with Gasteiger partial charge in [-0.1, -0.05) is 35.4 Å². The number of allylic oxidation sites excluding steroid dienone is 1. The molecule has 2 rings (SSSR count). The Morgan fingerprint density at radius 3 is 2.38 bits per heavy atom. The summed E-state index contributed by atoms with van der Waals surface area (Å²) in [5.41, 5.74) is 4.02. The Hall–Kier alpha value is -1.32. The zero-order valence-electron chi connectivity index (χ0n) is 15.2. The quantitative estimate of drug-likeness (QED) is 0.427. The van der Waals surface area contributed by atoms with Crippen LogP contribution in [0.15, 0.2) is 35.9 Å². The number of esters is 1. The molecule has 0 aliphatic carbocycles. The largest absolute Gasteiger partial charge is 1.00 e. The van der Waals surface area contributed by atoms with Gasteiger partial charge in [0.15, 0.2) is 6.54 Å². The second kappa shape index (κ2) is 9.85. The Kier molecular flexibility index (Phi) is 8.51.